The molecule has 0 fully saturated rings. The summed E-state index contributed by atoms with van der Waals surface area (Å²) in [5, 5.41) is 8.96. The first kappa shape index (κ1) is 18.8. The van der Waals surface area contributed by atoms with Crippen LogP contribution in [0, 0.1) is 0 Å². The number of carboxylic acid groups (broad SMARTS) is 1. The Morgan fingerprint density at radius 2 is 1.28 bits per heavy atom. The monoisotopic (exact) mass is 449 g/mol. The molecule has 0 saturated heterocycles. The lowest BCUT2D eigenvalue weighted by Crippen LogP contribution is -2.29. The number of carbonyl (C=O) groups is 4. The van der Waals surface area contributed by atoms with Gasteiger partial charge in [-0.2, -0.15) is 0 Å². The number of nitrogens with zero attached hydrogens (tertiary/aromatic N) is 1. The molecule has 1 aliphatic rings. The van der Waals surface area contributed by atoms with E-state index in [0.717, 1.165) is 9.37 Å². The maximum Gasteiger partial charge on any atom is 0.335 e. The van der Waals surface area contributed by atoms with Crippen molar-refractivity contribution in [1.82, 2.24) is 0 Å². The smallest absolute Gasteiger partial charge is 0.335 e. The van der Waals surface area contributed by atoms with E-state index in [4.69, 9.17) is 5.11 Å². The fourth-order valence-corrected chi connectivity index (χ4v) is 3.40. The van der Waals surface area contributed by atoms with Crippen LogP contribution in [0.2, 0.25) is 0 Å². The van der Waals surface area contributed by atoms with E-state index in [9.17, 15) is 19.2 Å². The number of carbonyl (C=O) groups excluding carboxylic acids is 3. The molecule has 0 saturated carbocycles. The number of ketones is 1. The second-order valence-electron chi connectivity index (χ2n) is 6.39. The van der Waals surface area contributed by atoms with E-state index in [1.807, 2.05) is 0 Å². The molecular weight excluding hydrogens is 438 g/mol. The lowest BCUT2D eigenvalue weighted by molar-refractivity contribution is 0.0695. The number of amides is 2. The Kier molecular flexibility index (Phi) is 4.60. The average Bonchev–Trinajstić information content (AvgIpc) is 2.98. The topological polar surface area (TPSA) is 91.8 Å². The summed E-state index contributed by atoms with van der Waals surface area (Å²) in [5.41, 5.74) is 1.43. The van der Waals surface area contributed by atoms with Gasteiger partial charge in [0.1, 0.15) is 0 Å². The van der Waals surface area contributed by atoms with Crippen LogP contribution in [0.15, 0.2) is 71.2 Å². The third-order valence-electron chi connectivity index (χ3n) is 4.63. The number of halogens is 1. The first-order chi connectivity index (χ1) is 13.9. The van der Waals surface area contributed by atoms with Gasteiger partial charge in [-0.25, -0.2) is 9.69 Å². The standard InChI is InChI=1S/C22H12BrNO5/c23-15-6-8-16(9-7-15)24-20(26)17-10-5-14(11-18(17)21(24)27)19(25)12-1-3-13(4-2-12)22(28)29/h1-11H,(H,28,29). The fourth-order valence-electron chi connectivity index (χ4n) is 3.14. The fraction of sp³-hybridized carbons (Fsp3) is 0. The average molecular weight is 450 g/mol. The molecule has 0 radical (unpaired) electrons. The highest BCUT2D eigenvalue weighted by Gasteiger charge is 2.37. The van der Waals surface area contributed by atoms with Gasteiger partial charge in [0.25, 0.3) is 11.8 Å². The van der Waals surface area contributed by atoms with Gasteiger partial charge in [-0.15, -0.1) is 0 Å². The number of hydrogen-bond acceptors (Lipinski definition) is 4. The first-order valence-corrected chi connectivity index (χ1v) is 9.32. The van der Waals surface area contributed by atoms with Crippen LogP contribution in [0.25, 0.3) is 0 Å². The van der Waals surface area contributed by atoms with Crippen molar-refractivity contribution < 1.29 is 24.3 Å². The number of rotatable bonds is 4. The van der Waals surface area contributed by atoms with Gasteiger partial charge in [-0.1, -0.05) is 34.1 Å². The molecule has 0 aliphatic carbocycles. The molecule has 6 nitrogen and oxygen atoms in total. The predicted molar refractivity (Wildman–Crippen MR) is 109 cm³/mol. The largest absolute Gasteiger partial charge is 0.478 e. The number of anilines is 1. The van der Waals surface area contributed by atoms with Crippen molar-refractivity contribution in [1.29, 1.82) is 0 Å². The van der Waals surface area contributed by atoms with Crippen molar-refractivity contribution in [3.8, 4) is 0 Å². The van der Waals surface area contributed by atoms with Crippen LogP contribution in [-0.4, -0.2) is 28.7 Å². The second-order valence-corrected chi connectivity index (χ2v) is 7.31. The minimum atomic E-state index is -1.08. The highest BCUT2D eigenvalue weighted by atomic mass is 79.9. The van der Waals surface area contributed by atoms with Crippen molar-refractivity contribution in [3.05, 3.63) is 99.0 Å². The number of carboxylic acids is 1. The SMILES string of the molecule is O=C(O)c1ccc(C(=O)c2ccc3c(c2)C(=O)N(c2ccc(Br)cc2)C3=O)cc1. The Bertz CT molecular complexity index is 1180. The maximum atomic E-state index is 12.8. The number of fused-ring (bicyclic) bond motifs is 1. The zero-order valence-electron chi connectivity index (χ0n) is 14.8. The minimum Gasteiger partial charge on any atom is -0.478 e. The number of aromatic carboxylic acids is 1. The number of imide groups is 1. The normalized spacial score (nSPS) is 12.8. The van der Waals surface area contributed by atoms with E-state index in [0.29, 0.717) is 5.69 Å². The van der Waals surface area contributed by atoms with E-state index < -0.39 is 17.8 Å². The van der Waals surface area contributed by atoms with Gasteiger partial charge in [-0.05, 0) is 48.5 Å². The minimum absolute atomic E-state index is 0.0708. The summed E-state index contributed by atoms with van der Waals surface area (Å²) in [6, 6.07) is 16.6. The zero-order chi connectivity index (χ0) is 20.7. The van der Waals surface area contributed by atoms with Gasteiger partial charge in [0.15, 0.2) is 5.78 Å². The maximum absolute atomic E-state index is 12.8. The molecule has 1 N–H and O–H groups in total. The summed E-state index contributed by atoms with van der Waals surface area (Å²) < 4.78 is 0.819. The van der Waals surface area contributed by atoms with E-state index in [-0.39, 0.29) is 33.6 Å². The van der Waals surface area contributed by atoms with E-state index in [1.54, 1.807) is 24.3 Å². The van der Waals surface area contributed by atoms with Gasteiger partial charge >= 0.3 is 5.97 Å². The molecule has 3 aromatic rings. The van der Waals surface area contributed by atoms with Crippen LogP contribution < -0.4 is 4.90 Å². The van der Waals surface area contributed by atoms with Crippen molar-refractivity contribution >= 4 is 45.2 Å². The van der Waals surface area contributed by atoms with Crippen molar-refractivity contribution in [2.24, 2.45) is 0 Å². The van der Waals surface area contributed by atoms with Crippen molar-refractivity contribution in [3.63, 3.8) is 0 Å². The van der Waals surface area contributed by atoms with Gasteiger partial charge in [0, 0.05) is 15.6 Å². The Morgan fingerprint density at radius 1 is 0.724 bits per heavy atom. The van der Waals surface area contributed by atoms with E-state index in [1.165, 1.54) is 42.5 Å². The van der Waals surface area contributed by atoms with Crippen LogP contribution in [0.4, 0.5) is 5.69 Å². The quantitative estimate of drug-likeness (QED) is 0.476. The summed E-state index contributed by atoms with van der Waals surface area (Å²) in [7, 11) is 0. The van der Waals surface area contributed by atoms with Gasteiger partial charge in [0.05, 0.1) is 22.4 Å². The summed E-state index contributed by atoms with van der Waals surface area (Å²) in [6.07, 6.45) is 0. The molecule has 7 heteroatoms. The predicted octanol–water partition coefficient (Wildman–Crippen LogP) is 4.18. The van der Waals surface area contributed by atoms with Crippen LogP contribution in [0.3, 0.4) is 0 Å². The van der Waals surface area contributed by atoms with Crippen LogP contribution in [0.5, 0.6) is 0 Å². The number of hydrogen-bond donors (Lipinski definition) is 1. The van der Waals surface area contributed by atoms with E-state index in [2.05, 4.69) is 15.9 Å². The highest BCUT2D eigenvalue weighted by Crippen LogP contribution is 2.30. The molecule has 0 spiro atoms. The molecule has 1 aliphatic heterocycles. The Labute approximate surface area is 173 Å². The van der Waals surface area contributed by atoms with Gasteiger partial charge in [0.2, 0.25) is 0 Å². The Balaban J connectivity index is 1.67. The zero-order valence-corrected chi connectivity index (χ0v) is 16.3. The van der Waals surface area contributed by atoms with Gasteiger partial charge < -0.3 is 5.11 Å². The van der Waals surface area contributed by atoms with Crippen LogP contribution in [0.1, 0.15) is 47.0 Å². The van der Waals surface area contributed by atoms with Gasteiger partial charge in [-0.3, -0.25) is 14.4 Å². The molecule has 0 atom stereocenters. The Hall–Kier alpha value is -3.58. The molecule has 3 aromatic carbocycles. The van der Waals surface area contributed by atoms with Crippen LogP contribution in [-0.2, 0) is 0 Å². The molecule has 0 unspecified atom stereocenters. The highest BCUT2D eigenvalue weighted by molar-refractivity contribution is 9.10. The lowest BCUT2D eigenvalue weighted by Gasteiger charge is -2.13. The van der Waals surface area contributed by atoms with Crippen molar-refractivity contribution in [2.45, 2.75) is 0 Å². The summed E-state index contributed by atoms with van der Waals surface area (Å²) in [5.74, 6) is -2.40. The second kappa shape index (κ2) is 7.10. The third kappa shape index (κ3) is 3.25. The van der Waals surface area contributed by atoms with E-state index >= 15 is 0 Å². The number of benzene rings is 3. The molecule has 29 heavy (non-hydrogen) atoms. The molecule has 4 rings (SSSR count). The first-order valence-electron chi connectivity index (χ1n) is 8.53. The molecular formula is C22H12BrNO5. The lowest BCUT2D eigenvalue weighted by atomic mass is 9.98. The summed E-state index contributed by atoms with van der Waals surface area (Å²) in [4.78, 5) is 50.3. The molecule has 0 aromatic heterocycles. The molecule has 0 bridgehead atoms. The summed E-state index contributed by atoms with van der Waals surface area (Å²) >= 11 is 3.31. The Morgan fingerprint density at radius 3 is 1.90 bits per heavy atom. The molecule has 2 amide bonds. The van der Waals surface area contributed by atoms with Crippen molar-refractivity contribution in [2.75, 3.05) is 4.90 Å². The molecule has 1 heterocycles. The van der Waals surface area contributed by atoms with Crippen LogP contribution >= 0.6 is 15.9 Å². The summed E-state index contributed by atoms with van der Waals surface area (Å²) in [6.45, 7) is 0. The third-order valence-corrected chi connectivity index (χ3v) is 5.16. The molecule has 142 valence electrons.